The van der Waals surface area contributed by atoms with Gasteiger partial charge in [0.05, 0.1) is 22.8 Å². The molecule has 3 aromatic heterocycles. The zero-order valence-corrected chi connectivity index (χ0v) is 18.1. The highest BCUT2D eigenvalue weighted by atomic mass is 32.1. The van der Waals surface area contributed by atoms with E-state index in [0.29, 0.717) is 24.6 Å². The van der Waals surface area contributed by atoms with E-state index in [4.69, 9.17) is 10.5 Å². The predicted molar refractivity (Wildman–Crippen MR) is 119 cm³/mol. The van der Waals surface area contributed by atoms with Crippen LogP contribution in [0.15, 0.2) is 24.3 Å². The Morgan fingerprint density at radius 2 is 2.10 bits per heavy atom. The monoisotopic (exact) mass is 435 g/mol. The Morgan fingerprint density at radius 1 is 1.23 bits per heavy atom. The number of nitrogen functional groups attached to an aromatic ring is 1. The second kappa shape index (κ2) is 7.17. The van der Waals surface area contributed by atoms with Crippen molar-refractivity contribution in [2.45, 2.75) is 44.1 Å². The van der Waals surface area contributed by atoms with Crippen molar-refractivity contribution in [2.24, 2.45) is 0 Å². The lowest BCUT2D eigenvalue weighted by Crippen LogP contribution is -2.48. The first kappa shape index (κ1) is 19.0. The van der Waals surface area contributed by atoms with E-state index >= 15 is 0 Å². The Morgan fingerprint density at radius 3 is 2.94 bits per heavy atom. The van der Waals surface area contributed by atoms with Crippen molar-refractivity contribution in [3.8, 4) is 10.6 Å². The molecule has 1 amide bonds. The quantitative estimate of drug-likeness (QED) is 0.644. The fourth-order valence-corrected chi connectivity index (χ4v) is 6.46. The number of hydrogen-bond acceptors (Lipinski definition) is 6. The number of aromatic nitrogens is 3. The van der Waals surface area contributed by atoms with Crippen molar-refractivity contribution in [2.75, 3.05) is 25.4 Å². The van der Waals surface area contributed by atoms with E-state index in [1.807, 2.05) is 23.1 Å². The molecule has 0 aromatic carbocycles. The molecule has 3 N–H and O–H groups in total. The summed E-state index contributed by atoms with van der Waals surface area (Å²) in [4.78, 5) is 22.1. The first-order valence-corrected chi connectivity index (χ1v) is 11.8. The number of carbonyl (C=O) groups excluding carboxylic acids is 1. The molecule has 0 radical (unpaired) electrons. The van der Waals surface area contributed by atoms with Crippen LogP contribution >= 0.6 is 11.3 Å². The molecule has 2 aliphatic heterocycles. The summed E-state index contributed by atoms with van der Waals surface area (Å²) in [6.07, 6.45) is 5.58. The van der Waals surface area contributed by atoms with Crippen molar-refractivity contribution in [1.29, 1.82) is 0 Å². The molecule has 0 unspecified atom stereocenters. The summed E-state index contributed by atoms with van der Waals surface area (Å²) in [5.41, 5.74) is 10.7. The maximum Gasteiger partial charge on any atom is 0.274 e. The van der Waals surface area contributed by atoms with Gasteiger partial charge < -0.3 is 15.4 Å². The van der Waals surface area contributed by atoms with Crippen LogP contribution in [0.2, 0.25) is 0 Å². The van der Waals surface area contributed by atoms with Gasteiger partial charge in [-0.3, -0.25) is 9.89 Å². The Bertz CT molecular complexity index is 1160. The number of thiophene rings is 1. The minimum atomic E-state index is -0.313. The van der Waals surface area contributed by atoms with Gasteiger partial charge in [0.15, 0.2) is 5.69 Å². The summed E-state index contributed by atoms with van der Waals surface area (Å²) in [6.45, 7) is 2.08. The number of fused-ring (bicyclic) bond motifs is 3. The average Bonchev–Trinajstić information content (AvgIpc) is 3.50. The van der Waals surface area contributed by atoms with Crippen LogP contribution in [0, 0.1) is 0 Å². The number of piperidine rings is 1. The Kier molecular flexibility index (Phi) is 4.40. The van der Waals surface area contributed by atoms with Crippen molar-refractivity contribution >= 4 is 23.1 Å². The van der Waals surface area contributed by atoms with Gasteiger partial charge in [-0.05, 0) is 55.9 Å². The number of H-pyrrole nitrogens is 1. The molecule has 7 nitrogen and oxygen atoms in total. The SMILES string of the molecule is Nc1cccc(-c2cc3c(s2)CCOC32CCN(C(=O)c3n[nH]c4c3CCC4)CC2)n1. The number of anilines is 1. The number of nitrogens with two attached hydrogens (primary N) is 1. The van der Waals surface area contributed by atoms with E-state index in [1.54, 1.807) is 11.3 Å². The summed E-state index contributed by atoms with van der Waals surface area (Å²) in [5.74, 6) is 0.590. The third kappa shape index (κ3) is 3.08. The maximum atomic E-state index is 13.1. The van der Waals surface area contributed by atoms with Gasteiger partial charge in [0.2, 0.25) is 0 Å². The van der Waals surface area contributed by atoms with Gasteiger partial charge >= 0.3 is 0 Å². The number of pyridine rings is 1. The molecule has 3 aromatic rings. The maximum absolute atomic E-state index is 13.1. The number of hydrogen-bond donors (Lipinski definition) is 2. The molecule has 160 valence electrons. The van der Waals surface area contributed by atoms with Crippen molar-refractivity contribution in [3.05, 3.63) is 51.7 Å². The number of amides is 1. The van der Waals surface area contributed by atoms with Crippen LogP contribution in [-0.4, -0.2) is 45.7 Å². The van der Waals surface area contributed by atoms with Crippen molar-refractivity contribution in [1.82, 2.24) is 20.1 Å². The fraction of sp³-hybridized carbons (Fsp3) is 0.435. The summed E-state index contributed by atoms with van der Waals surface area (Å²) in [6, 6.07) is 7.99. The highest BCUT2D eigenvalue weighted by Crippen LogP contribution is 2.46. The Balaban J connectivity index is 1.24. The summed E-state index contributed by atoms with van der Waals surface area (Å²) < 4.78 is 6.40. The van der Waals surface area contributed by atoms with Crippen molar-refractivity contribution in [3.63, 3.8) is 0 Å². The number of likely N-dealkylation sites (tertiary alicyclic amines) is 1. The third-order valence-corrected chi connectivity index (χ3v) is 8.12. The van der Waals surface area contributed by atoms with E-state index in [0.717, 1.165) is 67.0 Å². The third-order valence-electron chi connectivity index (χ3n) is 6.90. The van der Waals surface area contributed by atoms with Gasteiger partial charge in [0, 0.05) is 35.6 Å². The molecule has 31 heavy (non-hydrogen) atoms. The highest BCUT2D eigenvalue weighted by molar-refractivity contribution is 7.15. The Hall–Kier alpha value is -2.71. The van der Waals surface area contributed by atoms with E-state index in [1.165, 1.54) is 10.4 Å². The first-order valence-electron chi connectivity index (χ1n) is 11.0. The lowest BCUT2D eigenvalue weighted by molar-refractivity contribution is -0.0926. The van der Waals surface area contributed by atoms with Crippen LogP contribution in [0.3, 0.4) is 0 Å². The molecule has 6 rings (SSSR count). The van der Waals surface area contributed by atoms with E-state index in [9.17, 15) is 4.79 Å². The van der Waals surface area contributed by atoms with Gasteiger partial charge in [0.1, 0.15) is 5.82 Å². The van der Waals surface area contributed by atoms with E-state index in [-0.39, 0.29) is 11.5 Å². The van der Waals surface area contributed by atoms with E-state index in [2.05, 4.69) is 21.2 Å². The predicted octanol–water partition coefficient (Wildman–Crippen LogP) is 3.31. The molecule has 8 heteroatoms. The molecule has 1 spiro atoms. The van der Waals surface area contributed by atoms with Crippen LogP contribution in [0.1, 0.15) is 51.4 Å². The molecular weight excluding hydrogens is 410 g/mol. The van der Waals surface area contributed by atoms with Crippen LogP contribution < -0.4 is 5.73 Å². The normalized spacial score (nSPS) is 19.4. The van der Waals surface area contributed by atoms with E-state index < -0.39 is 0 Å². The highest BCUT2D eigenvalue weighted by Gasteiger charge is 2.43. The summed E-state index contributed by atoms with van der Waals surface area (Å²) in [7, 11) is 0. The van der Waals surface area contributed by atoms with Crippen LogP contribution in [0.25, 0.3) is 10.6 Å². The summed E-state index contributed by atoms with van der Waals surface area (Å²) in [5, 5.41) is 7.40. The molecule has 1 saturated heterocycles. The standard InChI is InChI=1S/C23H25N5O2S/c24-20-6-2-5-17(25-20)19-13-15-18(31-19)7-12-30-23(15)8-10-28(11-9-23)22(29)21-14-3-1-4-16(14)26-27-21/h2,5-6,13H,1,3-4,7-12H2,(H2,24,25)(H,26,27). The first-order chi connectivity index (χ1) is 15.1. The summed E-state index contributed by atoms with van der Waals surface area (Å²) >= 11 is 1.79. The van der Waals surface area contributed by atoms with Crippen LogP contribution in [0.5, 0.6) is 0 Å². The number of carbonyl (C=O) groups is 1. The van der Waals surface area contributed by atoms with Crippen LogP contribution in [0.4, 0.5) is 5.82 Å². The zero-order valence-electron chi connectivity index (χ0n) is 17.3. The van der Waals surface area contributed by atoms with Crippen molar-refractivity contribution < 1.29 is 9.53 Å². The number of nitrogens with one attached hydrogen (secondary N) is 1. The number of ether oxygens (including phenoxy) is 1. The molecule has 0 atom stereocenters. The number of nitrogens with zero attached hydrogens (tertiary/aromatic N) is 3. The number of aromatic amines is 1. The second-order valence-corrected chi connectivity index (χ2v) is 9.80. The fourth-order valence-electron chi connectivity index (χ4n) is 5.26. The number of rotatable bonds is 2. The van der Waals surface area contributed by atoms with Gasteiger partial charge in [0.25, 0.3) is 5.91 Å². The Labute approximate surface area is 184 Å². The van der Waals surface area contributed by atoms with Gasteiger partial charge in [-0.25, -0.2) is 4.98 Å². The van der Waals surface area contributed by atoms with Crippen LogP contribution in [-0.2, 0) is 29.6 Å². The topological polar surface area (TPSA) is 97.1 Å². The molecule has 1 aliphatic carbocycles. The van der Waals surface area contributed by atoms with Gasteiger partial charge in [-0.2, -0.15) is 5.10 Å². The van der Waals surface area contributed by atoms with Gasteiger partial charge in [-0.1, -0.05) is 6.07 Å². The largest absolute Gasteiger partial charge is 0.384 e. The second-order valence-electron chi connectivity index (χ2n) is 8.66. The molecule has 0 saturated carbocycles. The molecular formula is C23H25N5O2S. The minimum Gasteiger partial charge on any atom is -0.384 e. The molecule has 1 fully saturated rings. The minimum absolute atomic E-state index is 0.0558. The molecule has 5 heterocycles. The zero-order chi connectivity index (χ0) is 21.0. The lowest BCUT2D eigenvalue weighted by atomic mass is 9.82. The number of aryl methyl sites for hydroxylation is 1. The molecule has 3 aliphatic rings. The molecule has 0 bridgehead atoms. The average molecular weight is 436 g/mol. The lowest BCUT2D eigenvalue weighted by Gasteiger charge is -2.44. The van der Waals surface area contributed by atoms with Gasteiger partial charge in [-0.15, -0.1) is 11.3 Å². The smallest absolute Gasteiger partial charge is 0.274 e.